The number of ether oxygens (including phenoxy) is 2. The molecule has 2 aliphatic rings. The van der Waals surface area contributed by atoms with Gasteiger partial charge >= 0.3 is 0 Å². The number of anilines is 1. The van der Waals surface area contributed by atoms with Crippen LogP contribution in [0.4, 0.5) is 5.95 Å². The number of carbonyl (C=O) groups is 1. The molecule has 1 aromatic heterocycles. The first-order chi connectivity index (χ1) is 15.7. The van der Waals surface area contributed by atoms with Gasteiger partial charge in [0.1, 0.15) is 5.75 Å². The summed E-state index contributed by atoms with van der Waals surface area (Å²) in [6.07, 6.45) is 4.19. The molecule has 1 aromatic carbocycles. The predicted octanol–water partition coefficient (Wildman–Crippen LogP) is 2.06. The summed E-state index contributed by atoms with van der Waals surface area (Å²) in [5.74, 6) is 1.54. The molecule has 2 saturated heterocycles. The van der Waals surface area contributed by atoms with Crippen LogP contribution >= 0.6 is 0 Å². The zero-order valence-corrected chi connectivity index (χ0v) is 19.0. The van der Waals surface area contributed by atoms with E-state index in [2.05, 4.69) is 32.2 Å². The standard InChI is InChI=1S/C24H33N5O3/c1-31-13-10-25-23(30)21-17-28(15-18-6-5-7-19(14-18)32-2)16-20(21)22-8-9-26-24(27-22)29-11-3-4-12-29/h5-9,14,20-21H,3-4,10-13,15-17H2,1-2H3,(H,25,30)/t20-,21-/m1/s1. The molecule has 4 rings (SSSR count). The number of rotatable bonds is 9. The van der Waals surface area contributed by atoms with Crippen molar-refractivity contribution in [1.29, 1.82) is 0 Å². The van der Waals surface area contributed by atoms with Crippen molar-refractivity contribution >= 4 is 11.9 Å². The van der Waals surface area contributed by atoms with Crippen LogP contribution in [0.1, 0.15) is 30.0 Å². The van der Waals surface area contributed by atoms with Crippen molar-refractivity contribution in [2.45, 2.75) is 25.3 Å². The second-order valence-corrected chi connectivity index (χ2v) is 8.52. The van der Waals surface area contributed by atoms with Crippen molar-refractivity contribution < 1.29 is 14.3 Å². The molecule has 0 unspecified atom stereocenters. The molecule has 0 bridgehead atoms. The van der Waals surface area contributed by atoms with Crippen LogP contribution in [0.25, 0.3) is 0 Å². The Morgan fingerprint density at radius 1 is 1.19 bits per heavy atom. The number of hydrogen-bond donors (Lipinski definition) is 1. The maximum absolute atomic E-state index is 13.1. The molecule has 8 nitrogen and oxygen atoms in total. The number of aromatic nitrogens is 2. The van der Waals surface area contributed by atoms with Crippen LogP contribution in [-0.4, -0.2) is 74.3 Å². The zero-order valence-electron chi connectivity index (χ0n) is 19.0. The summed E-state index contributed by atoms with van der Waals surface area (Å²) in [7, 11) is 3.32. The minimum absolute atomic E-state index is 0.0208. The Morgan fingerprint density at radius 2 is 2.03 bits per heavy atom. The van der Waals surface area contributed by atoms with Gasteiger partial charge in [-0.15, -0.1) is 0 Å². The lowest BCUT2D eigenvalue weighted by Gasteiger charge is -2.20. The number of hydrogen-bond acceptors (Lipinski definition) is 7. The fraction of sp³-hybridized carbons (Fsp3) is 0.542. The third-order valence-corrected chi connectivity index (χ3v) is 6.31. The summed E-state index contributed by atoms with van der Waals surface area (Å²) in [5, 5.41) is 3.03. The van der Waals surface area contributed by atoms with Crippen LogP contribution in [0.3, 0.4) is 0 Å². The molecule has 2 aliphatic heterocycles. The number of amides is 1. The van der Waals surface area contributed by atoms with Crippen molar-refractivity contribution in [3.63, 3.8) is 0 Å². The van der Waals surface area contributed by atoms with Gasteiger partial charge in [-0.25, -0.2) is 9.97 Å². The minimum Gasteiger partial charge on any atom is -0.497 e. The topological polar surface area (TPSA) is 79.8 Å². The maximum atomic E-state index is 13.1. The summed E-state index contributed by atoms with van der Waals surface area (Å²) >= 11 is 0. The summed E-state index contributed by atoms with van der Waals surface area (Å²) in [4.78, 5) is 27.0. The average molecular weight is 440 g/mol. The van der Waals surface area contributed by atoms with E-state index in [9.17, 15) is 4.79 Å². The Kier molecular flexibility index (Phi) is 7.55. The molecule has 0 saturated carbocycles. The van der Waals surface area contributed by atoms with Gasteiger partial charge in [-0.3, -0.25) is 9.69 Å². The Hall–Kier alpha value is -2.71. The molecule has 1 amide bonds. The Balaban J connectivity index is 1.53. The van der Waals surface area contributed by atoms with E-state index in [1.165, 1.54) is 18.4 Å². The van der Waals surface area contributed by atoms with Crippen LogP contribution in [0.15, 0.2) is 36.5 Å². The van der Waals surface area contributed by atoms with Gasteiger partial charge in [-0.1, -0.05) is 12.1 Å². The average Bonchev–Trinajstić information content (AvgIpc) is 3.50. The number of benzene rings is 1. The van der Waals surface area contributed by atoms with Gasteiger partial charge in [0.05, 0.1) is 25.3 Å². The highest BCUT2D eigenvalue weighted by atomic mass is 16.5. The summed E-state index contributed by atoms with van der Waals surface area (Å²) < 4.78 is 10.5. The monoisotopic (exact) mass is 439 g/mol. The van der Waals surface area contributed by atoms with Crippen molar-refractivity contribution in [2.24, 2.45) is 5.92 Å². The highest BCUT2D eigenvalue weighted by molar-refractivity contribution is 5.80. The SMILES string of the molecule is COCCNC(=O)[C@@H]1CN(Cc2cccc(OC)c2)C[C@H]1c1ccnc(N2CCCC2)n1. The lowest BCUT2D eigenvalue weighted by atomic mass is 9.92. The van der Waals surface area contributed by atoms with Crippen LogP contribution < -0.4 is 15.0 Å². The molecule has 8 heteroatoms. The van der Waals surface area contributed by atoms with E-state index < -0.39 is 0 Å². The molecule has 0 spiro atoms. The highest BCUT2D eigenvalue weighted by Crippen LogP contribution is 2.34. The third kappa shape index (κ3) is 5.37. The van der Waals surface area contributed by atoms with Gasteiger partial charge in [0.25, 0.3) is 0 Å². The van der Waals surface area contributed by atoms with Gasteiger partial charge < -0.3 is 19.7 Å². The fourth-order valence-electron chi connectivity index (χ4n) is 4.65. The largest absolute Gasteiger partial charge is 0.497 e. The minimum atomic E-state index is -0.168. The number of methoxy groups -OCH3 is 2. The van der Waals surface area contributed by atoms with E-state index in [0.29, 0.717) is 19.7 Å². The van der Waals surface area contributed by atoms with E-state index >= 15 is 0 Å². The maximum Gasteiger partial charge on any atom is 0.225 e. The summed E-state index contributed by atoms with van der Waals surface area (Å²) in [6, 6.07) is 10.1. The molecule has 2 aromatic rings. The Morgan fingerprint density at radius 3 is 2.81 bits per heavy atom. The van der Waals surface area contributed by atoms with Crippen LogP contribution in [0, 0.1) is 5.92 Å². The Labute approximate surface area is 189 Å². The van der Waals surface area contributed by atoms with E-state index in [0.717, 1.165) is 43.6 Å². The molecular weight excluding hydrogens is 406 g/mol. The molecule has 0 radical (unpaired) electrons. The third-order valence-electron chi connectivity index (χ3n) is 6.31. The summed E-state index contributed by atoms with van der Waals surface area (Å²) in [6.45, 7) is 5.23. The van der Waals surface area contributed by atoms with Gasteiger partial charge in [-0.05, 0) is 36.6 Å². The van der Waals surface area contributed by atoms with Crippen molar-refractivity contribution in [2.75, 3.05) is 58.5 Å². The first-order valence-corrected chi connectivity index (χ1v) is 11.4. The first-order valence-electron chi connectivity index (χ1n) is 11.4. The van der Waals surface area contributed by atoms with Crippen molar-refractivity contribution in [3.05, 3.63) is 47.8 Å². The van der Waals surface area contributed by atoms with Crippen LogP contribution in [0.5, 0.6) is 5.75 Å². The first kappa shape index (κ1) is 22.5. The molecule has 3 heterocycles. The van der Waals surface area contributed by atoms with E-state index in [-0.39, 0.29) is 17.7 Å². The van der Waals surface area contributed by atoms with Gasteiger partial charge in [0.15, 0.2) is 0 Å². The zero-order chi connectivity index (χ0) is 22.3. The number of likely N-dealkylation sites (tertiary alicyclic amines) is 1. The second kappa shape index (κ2) is 10.7. The Bertz CT molecular complexity index is 903. The molecule has 32 heavy (non-hydrogen) atoms. The molecule has 2 atom stereocenters. The van der Waals surface area contributed by atoms with Crippen molar-refractivity contribution in [1.82, 2.24) is 20.2 Å². The van der Waals surface area contributed by atoms with E-state index in [4.69, 9.17) is 14.5 Å². The van der Waals surface area contributed by atoms with Crippen LogP contribution in [0.2, 0.25) is 0 Å². The molecule has 172 valence electrons. The molecular formula is C24H33N5O3. The fourth-order valence-corrected chi connectivity index (χ4v) is 4.65. The van der Waals surface area contributed by atoms with Gasteiger partial charge in [0.2, 0.25) is 11.9 Å². The quantitative estimate of drug-likeness (QED) is 0.599. The lowest BCUT2D eigenvalue weighted by Crippen LogP contribution is -2.36. The molecule has 1 N–H and O–H groups in total. The normalized spacial score (nSPS) is 21.1. The second-order valence-electron chi connectivity index (χ2n) is 8.52. The smallest absolute Gasteiger partial charge is 0.225 e. The highest BCUT2D eigenvalue weighted by Gasteiger charge is 2.39. The van der Waals surface area contributed by atoms with E-state index in [1.54, 1.807) is 14.2 Å². The number of carbonyl (C=O) groups excluding carboxylic acids is 1. The van der Waals surface area contributed by atoms with Crippen molar-refractivity contribution in [3.8, 4) is 5.75 Å². The van der Waals surface area contributed by atoms with E-state index in [1.807, 2.05) is 24.4 Å². The summed E-state index contributed by atoms with van der Waals surface area (Å²) in [5.41, 5.74) is 2.12. The number of nitrogens with zero attached hydrogens (tertiary/aromatic N) is 4. The molecule has 0 aliphatic carbocycles. The van der Waals surface area contributed by atoms with Crippen LogP contribution in [-0.2, 0) is 16.1 Å². The predicted molar refractivity (Wildman–Crippen MR) is 123 cm³/mol. The van der Waals surface area contributed by atoms with Gasteiger partial charge in [0, 0.05) is 58.5 Å². The van der Waals surface area contributed by atoms with Gasteiger partial charge in [-0.2, -0.15) is 0 Å². The molecule has 2 fully saturated rings. The lowest BCUT2D eigenvalue weighted by molar-refractivity contribution is -0.125. The number of nitrogens with one attached hydrogen (secondary N) is 1.